The molecule has 1 saturated carbocycles. The van der Waals surface area contributed by atoms with Crippen LogP contribution in [-0.4, -0.2) is 12.7 Å². The van der Waals surface area contributed by atoms with Crippen molar-refractivity contribution in [3.63, 3.8) is 0 Å². The van der Waals surface area contributed by atoms with Crippen LogP contribution in [0.3, 0.4) is 0 Å². The fourth-order valence-electron chi connectivity index (χ4n) is 5.11. The second-order valence-corrected chi connectivity index (χ2v) is 9.66. The molecule has 0 aliphatic heterocycles. The second kappa shape index (κ2) is 11.7. The summed E-state index contributed by atoms with van der Waals surface area (Å²) in [4.78, 5) is 0. The average molecular weight is 537 g/mol. The monoisotopic (exact) mass is 536 g/mol. The van der Waals surface area contributed by atoms with E-state index in [1.165, 1.54) is 36.4 Å². The van der Waals surface area contributed by atoms with E-state index >= 15 is 0 Å². The molecule has 0 amide bonds. The number of halogens is 6. The summed E-state index contributed by atoms with van der Waals surface area (Å²) in [6, 6.07) is 10.5. The molecule has 8 heteroatoms. The van der Waals surface area contributed by atoms with Gasteiger partial charge in [-0.3, -0.25) is 0 Å². The lowest BCUT2D eigenvalue weighted by Gasteiger charge is -2.33. The standard InChI is InChI=1S/C30H30F6O2/c1-3-5-18-6-12-21(13-7-18)30(35,36)38-25-17-15-23(27(32)29(25)34)20-10-8-19(9-11-20)22-14-16-24(37-4-2)28(33)26(22)31/h8-11,14-18,21H,3-7,12-13H2,1-2H3. The Kier molecular flexibility index (Phi) is 8.58. The second-order valence-electron chi connectivity index (χ2n) is 9.66. The van der Waals surface area contributed by atoms with E-state index in [1.54, 1.807) is 6.92 Å². The molecule has 0 aromatic heterocycles. The Morgan fingerprint density at radius 3 is 1.68 bits per heavy atom. The SMILES string of the molecule is CCCC1CCC(C(F)(F)Oc2ccc(-c3ccc(-c4ccc(OCC)c(F)c4F)cc3)c(F)c2F)CC1. The van der Waals surface area contributed by atoms with Gasteiger partial charge in [-0.15, -0.1) is 0 Å². The van der Waals surface area contributed by atoms with Crippen molar-refractivity contribution in [3.05, 3.63) is 71.8 Å². The van der Waals surface area contributed by atoms with Crippen LogP contribution in [-0.2, 0) is 0 Å². The quantitative estimate of drug-likeness (QED) is 0.254. The van der Waals surface area contributed by atoms with Crippen molar-refractivity contribution in [1.29, 1.82) is 0 Å². The van der Waals surface area contributed by atoms with Crippen LogP contribution < -0.4 is 9.47 Å². The van der Waals surface area contributed by atoms with Crippen LogP contribution in [0.25, 0.3) is 22.3 Å². The third-order valence-electron chi connectivity index (χ3n) is 7.17. The highest BCUT2D eigenvalue weighted by Gasteiger charge is 2.44. The molecule has 2 nitrogen and oxygen atoms in total. The number of benzene rings is 3. The smallest absolute Gasteiger partial charge is 0.400 e. The van der Waals surface area contributed by atoms with Crippen LogP contribution in [0.5, 0.6) is 11.5 Å². The minimum absolute atomic E-state index is 0.0288. The van der Waals surface area contributed by atoms with Crippen molar-refractivity contribution in [1.82, 2.24) is 0 Å². The first kappa shape index (κ1) is 27.9. The van der Waals surface area contributed by atoms with Crippen LogP contribution in [0.1, 0.15) is 52.4 Å². The van der Waals surface area contributed by atoms with Gasteiger partial charge in [-0.25, -0.2) is 8.78 Å². The van der Waals surface area contributed by atoms with Gasteiger partial charge in [-0.1, -0.05) is 44.0 Å². The molecule has 0 radical (unpaired) electrons. The molecule has 204 valence electrons. The first-order valence-electron chi connectivity index (χ1n) is 12.9. The maximum atomic E-state index is 14.9. The Labute approximate surface area is 218 Å². The largest absolute Gasteiger partial charge is 0.491 e. The lowest BCUT2D eigenvalue weighted by Crippen LogP contribution is -2.37. The van der Waals surface area contributed by atoms with Gasteiger partial charge >= 0.3 is 6.11 Å². The summed E-state index contributed by atoms with van der Waals surface area (Å²) in [5.41, 5.74) is 0.328. The fourth-order valence-corrected chi connectivity index (χ4v) is 5.11. The summed E-state index contributed by atoms with van der Waals surface area (Å²) in [5, 5.41) is 0. The molecule has 3 aromatic carbocycles. The first-order valence-corrected chi connectivity index (χ1v) is 12.9. The third kappa shape index (κ3) is 5.79. The summed E-state index contributed by atoms with van der Waals surface area (Å²) in [6.07, 6.45) is 0.236. The molecular formula is C30H30F6O2. The van der Waals surface area contributed by atoms with E-state index in [0.29, 0.717) is 24.3 Å². The first-order chi connectivity index (χ1) is 18.2. The number of hydrogen-bond donors (Lipinski definition) is 0. The van der Waals surface area contributed by atoms with E-state index < -0.39 is 41.0 Å². The van der Waals surface area contributed by atoms with Crippen LogP contribution in [0.4, 0.5) is 26.3 Å². The number of ether oxygens (including phenoxy) is 2. The Bertz CT molecular complexity index is 1250. The van der Waals surface area contributed by atoms with Gasteiger partial charge in [0.25, 0.3) is 0 Å². The van der Waals surface area contributed by atoms with Crippen LogP contribution in [0.2, 0.25) is 0 Å². The van der Waals surface area contributed by atoms with E-state index in [2.05, 4.69) is 6.92 Å². The highest BCUT2D eigenvalue weighted by molar-refractivity contribution is 5.72. The van der Waals surface area contributed by atoms with E-state index in [-0.39, 0.29) is 41.9 Å². The third-order valence-corrected chi connectivity index (χ3v) is 7.17. The topological polar surface area (TPSA) is 18.5 Å². The van der Waals surface area contributed by atoms with Crippen molar-refractivity contribution in [3.8, 4) is 33.8 Å². The average Bonchev–Trinajstić information content (AvgIpc) is 2.90. The van der Waals surface area contributed by atoms with Crippen molar-refractivity contribution in [2.45, 2.75) is 58.5 Å². The summed E-state index contributed by atoms with van der Waals surface area (Å²) >= 11 is 0. The van der Waals surface area contributed by atoms with Gasteiger partial charge in [0.1, 0.15) is 0 Å². The maximum Gasteiger partial charge on any atom is 0.400 e. The van der Waals surface area contributed by atoms with Crippen LogP contribution >= 0.6 is 0 Å². The van der Waals surface area contributed by atoms with Crippen molar-refractivity contribution >= 4 is 0 Å². The van der Waals surface area contributed by atoms with Gasteiger partial charge in [-0.05, 0) is 73.9 Å². The molecule has 0 bridgehead atoms. The van der Waals surface area contributed by atoms with Gasteiger partial charge in [0, 0.05) is 11.1 Å². The molecule has 38 heavy (non-hydrogen) atoms. The highest BCUT2D eigenvalue weighted by Crippen LogP contribution is 2.42. The molecule has 3 aromatic rings. The Hall–Kier alpha value is -3.16. The van der Waals surface area contributed by atoms with Gasteiger partial charge in [0.05, 0.1) is 12.5 Å². The van der Waals surface area contributed by atoms with Gasteiger partial charge < -0.3 is 9.47 Å². The van der Waals surface area contributed by atoms with Gasteiger partial charge in [0.2, 0.25) is 11.6 Å². The minimum atomic E-state index is -3.62. The van der Waals surface area contributed by atoms with Crippen molar-refractivity contribution < 1.29 is 35.8 Å². The minimum Gasteiger partial charge on any atom is -0.491 e. The van der Waals surface area contributed by atoms with E-state index in [1.807, 2.05) is 0 Å². The molecule has 0 atom stereocenters. The van der Waals surface area contributed by atoms with E-state index in [9.17, 15) is 26.3 Å². The van der Waals surface area contributed by atoms with E-state index in [0.717, 1.165) is 25.0 Å². The molecule has 0 spiro atoms. The number of alkyl halides is 2. The lowest BCUT2D eigenvalue weighted by atomic mass is 9.79. The van der Waals surface area contributed by atoms with Crippen molar-refractivity contribution in [2.75, 3.05) is 6.61 Å². The zero-order valence-corrected chi connectivity index (χ0v) is 21.3. The van der Waals surface area contributed by atoms with Gasteiger partial charge in [0.15, 0.2) is 23.1 Å². The molecule has 0 saturated heterocycles. The molecule has 1 fully saturated rings. The molecule has 0 unspecified atom stereocenters. The lowest BCUT2D eigenvalue weighted by molar-refractivity contribution is -0.224. The zero-order valence-electron chi connectivity index (χ0n) is 21.3. The summed E-state index contributed by atoms with van der Waals surface area (Å²) < 4.78 is 97.9. The molecule has 4 rings (SSSR count). The summed E-state index contributed by atoms with van der Waals surface area (Å²) in [6.45, 7) is 3.88. The Morgan fingerprint density at radius 1 is 0.684 bits per heavy atom. The normalized spacial score (nSPS) is 17.9. The van der Waals surface area contributed by atoms with E-state index in [4.69, 9.17) is 9.47 Å². The molecule has 1 aliphatic carbocycles. The molecule has 0 heterocycles. The fraction of sp³-hybridized carbons (Fsp3) is 0.400. The van der Waals surface area contributed by atoms with Gasteiger partial charge in [-0.2, -0.15) is 17.6 Å². The predicted octanol–water partition coefficient (Wildman–Crippen LogP) is 9.55. The molecular weight excluding hydrogens is 506 g/mol. The Morgan fingerprint density at radius 2 is 1.18 bits per heavy atom. The van der Waals surface area contributed by atoms with Crippen LogP contribution in [0, 0.1) is 35.1 Å². The van der Waals surface area contributed by atoms with Crippen LogP contribution in [0.15, 0.2) is 48.5 Å². The Balaban J connectivity index is 1.51. The number of rotatable bonds is 9. The zero-order chi connectivity index (χ0) is 27.4. The maximum absolute atomic E-state index is 14.9. The summed E-state index contributed by atoms with van der Waals surface area (Å²) in [5.74, 6) is -6.77. The highest BCUT2D eigenvalue weighted by atomic mass is 19.3. The predicted molar refractivity (Wildman–Crippen MR) is 134 cm³/mol. The molecule has 0 N–H and O–H groups in total. The van der Waals surface area contributed by atoms with Crippen molar-refractivity contribution in [2.24, 2.45) is 11.8 Å². The number of hydrogen-bond acceptors (Lipinski definition) is 2. The summed E-state index contributed by atoms with van der Waals surface area (Å²) in [7, 11) is 0. The molecule has 1 aliphatic rings.